The molecule has 3 saturated heterocycles. The van der Waals surface area contributed by atoms with E-state index >= 15 is 0 Å². The number of fused-ring (bicyclic) bond motifs is 1. The minimum absolute atomic E-state index is 0.0582. The fourth-order valence-electron chi connectivity index (χ4n) is 8.47. The molecule has 5 rings (SSSR count). The van der Waals surface area contributed by atoms with Crippen LogP contribution in [0.4, 0.5) is 11.4 Å². The largest absolute Gasteiger partial charge is 0.455 e. The van der Waals surface area contributed by atoms with E-state index in [0.29, 0.717) is 36.9 Å². The minimum atomic E-state index is -1.30. The van der Waals surface area contributed by atoms with Gasteiger partial charge >= 0.3 is 5.97 Å². The van der Waals surface area contributed by atoms with Gasteiger partial charge in [-0.1, -0.05) is 58.4 Å². The quantitative estimate of drug-likeness (QED) is 0.0836. The van der Waals surface area contributed by atoms with Gasteiger partial charge in [-0.25, -0.2) is 0 Å². The maximum Gasteiger partial charge on any atom is 0.313 e. The predicted molar refractivity (Wildman–Crippen MR) is 213 cm³/mol. The molecule has 3 amide bonds. The Morgan fingerprint density at radius 2 is 1.72 bits per heavy atom. The third-order valence-electron chi connectivity index (χ3n) is 11.3. The van der Waals surface area contributed by atoms with Gasteiger partial charge in [0, 0.05) is 62.5 Å². The van der Waals surface area contributed by atoms with Gasteiger partial charge in [-0.2, -0.15) is 0 Å². The molecule has 0 radical (unpaired) electrons. The Hall–Kier alpha value is -4.00. The lowest BCUT2D eigenvalue weighted by atomic mass is 9.70. The second-order valence-corrected chi connectivity index (χ2v) is 15.6. The zero-order valence-corrected chi connectivity index (χ0v) is 33.5. The predicted octanol–water partition coefficient (Wildman–Crippen LogP) is 5.67. The lowest BCUT2D eigenvalue weighted by Gasteiger charge is -2.37. The smallest absolute Gasteiger partial charge is 0.313 e. The minimum Gasteiger partial charge on any atom is -0.455 e. The van der Waals surface area contributed by atoms with Crippen molar-refractivity contribution in [1.29, 1.82) is 0 Å². The van der Waals surface area contributed by atoms with E-state index in [1.165, 1.54) is 0 Å². The first kappa shape index (κ1) is 41.2. The summed E-state index contributed by atoms with van der Waals surface area (Å²) < 4.78 is 13.2. The molecule has 2 aromatic carbocycles. The van der Waals surface area contributed by atoms with Gasteiger partial charge in [0.15, 0.2) is 0 Å². The van der Waals surface area contributed by atoms with Crippen LogP contribution in [0, 0.1) is 11.8 Å². The number of hydrogen-bond acceptors (Lipinski definition) is 8. The van der Waals surface area contributed by atoms with Crippen LogP contribution < -0.4 is 9.80 Å². The van der Waals surface area contributed by atoms with Crippen molar-refractivity contribution in [2.75, 3.05) is 49.6 Å². The number of likely N-dealkylation sites (tertiary alicyclic amines) is 1. The number of hydrogen-bond donors (Lipinski definition) is 1. The molecule has 12 heteroatoms. The van der Waals surface area contributed by atoms with E-state index in [9.17, 15) is 24.3 Å². The summed E-state index contributed by atoms with van der Waals surface area (Å²) in [6.45, 7) is 15.7. The molecule has 2 bridgehead atoms. The lowest BCUT2D eigenvalue weighted by molar-refractivity contribution is -0.164. The van der Waals surface area contributed by atoms with Crippen LogP contribution in [-0.2, 0) is 28.7 Å². The van der Waals surface area contributed by atoms with Gasteiger partial charge < -0.3 is 34.2 Å². The molecule has 3 fully saturated rings. The van der Waals surface area contributed by atoms with Gasteiger partial charge in [0.1, 0.15) is 17.7 Å². The number of esters is 1. The Labute approximate surface area is 328 Å². The van der Waals surface area contributed by atoms with Crippen molar-refractivity contribution in [3.8, 4) is 0 Å². The normalized spacial score (nSPS) is 25.1. The number of likely N-dealkylation sites (N-methyl/N-ethyl adjacent to an activating group) is 1. The van der Waals surface area contributed by atoms with Crippen molar-refractivity contribution in [3.63, 3.8) is 0 Å². The maximum absolute atomic E-state index is 15.0. The van der Waals surface area contributed by atoms with E-state index in [-0.39, 0.29) is 48.7 Å². The highest BCUT2D eigenvalue weighted by molar-refractivity contribution is 9.09. The number of rotatable bonds is 19. The molecule has 1 spiro atoms. The summed E-state index contributed by atoms with van der Waals surface area (Å²) in [5, 5.41) is 9.62. The first-order chi connectivity index (χ1) is 26.0. The van der Waals surface area contributed by atoms with Crippen LogP contribution in [0.3, 0.4) is 0 Å². The number of anilines is 2. The number of nitrogens with zero attached hydrogens (tertiary/aromatic N) is 4. The number of aliphatic hydroxyl groups excluding tert-OH is 1. The molecule has 1 unspecified atom stereocenters. The van der Waals surface area contributed by atoms with Crippen molar-refractivity contribution in [3.05, 3.63) is 85.5 Å². The average molecular weight is 808 g/mol. The Bertz CT molecular complexity index is 1650. The molecular formula is C42H55BrN4O7. The van der Waals surface area contributed by atoms with E-state index in [0.717, 1.165) is 18.8 Å². The zero-order chi connectivity index (χ0) is 39.2. The van der Waals surface area contributed by atoms with E-state index in [1.54, 1.807) is 33.9 Å². The molecule has 1 N–H and O–H groups in total. The second-order valence-electron chi connectivity index (χ2n) is 14.4. The van der Waals surface area contributed by atoms with Crippen LogP contribution in [0.2, 0.25) is 0 Å². The Morgan fingerprint density at radius 1 is 1.06 bits per heavy atom. The van der Waals surface area contributed by atoms with Gasteiger partial charge in [0.05, 0.1) is 24.0 Å². The summed E-state index contributed by atoms with van der Waals surface area (Å²) in [6.07, 6.45) is 3.82. The number of ether oxygens (including phenoxy) is 2. The van der Waals surface area contributed by atoms with Gasteiger partial charge in [-0.05, 0) is 76.3 Å². The van der Waals surface area contributed by atoms with Crippen LogP contribution in [0.1, 0.15) is 64.5 Å². The van der Waals surface area contributed by atoms with E-state index in [4.69, 9.17) is 9.47 Å². The van der Waals surface area contributed by atoms with Crippen molar-refractivity contribution >= 4 is 51.0 Å². The standard InChI is InChI=1S/C42H55BrN4O7/c1-7-11-19-33(49)44(6)28(5)36(29-17-13-12-14-18-29)53-41(52)34-35-39(50)47(25-15-16-26-48)38(42(35)27-32(43)37(34)54-42)40(51)46(24-8-2)31-22-20-30(21-23-31)45(9-3)10-4/h7-8,12-14,17-18,20-23,28,32,34-38,48H,1-2,9-11,15-16,19,24-27H2,3-6H3/t28-,32?,34-,35+,36+,37-,38-,42+/m1/s1. The molecule has 3 aliphatic rings. The van der Waals surface area contributed by atoms with E-state index in [1.807, 2.05) is 61.5 Å². The van der Waals surface area contributed by atoms with Crippen LogP contribution >= 0.6 is 15.9 Å². The molecule has 11 nitrogen and oxygen atoms in total. The van der Waals surface area contributed by atoms with Gasteiger partial charge in [-0.15, -0.1) is 13.2 Å². The molecule has 292 valence electrons. The highest BCUT2D eigenvalue weighted by atomic mass is 79.9. The highest BCUT2D eigenvalue weighted by Crippen LogP contribution is 2.60. The molecule has 0 saturated carbocycles. The second kappa shape index (κ2) is 18.1. The summed E-state index contributed by atoms with van der Waals surface area (Å²) in [6, 6.07) is 15.5. The Balaban J connectivity index is 1.50. The number of carbonyl (C=O) groups is 4. The number of alkyl halides is 1. The van der Waals surface area contributed by atoms with E-state index in [2.05, 4.69) is 47.8 Å². The Morgan fingerprint density at radius 3 is 2.33 bits per heavy atom. The molecule has 2 aromatic rings. The number of allylic oxidation sites excluding steroid dienone is 1. The zero-order valence-electron chi connectivity index (χ0n) is 31.9. The number of halogens is 1. The first-order valence-electron chi connectivity index (χ1n) is 19.1. The summed E-state index contributed by atoms with van der Waals surface area (Å²) >= 11 is 3.77. The van der Waals surface area contributed by atoms with Gasteiger partial charge in [0.25, 0.3) is 5.91 Å². The summed E-state index contributed by atoms with van der Waals surface area (Å²) in [5.74, 6) is -3.37. The molecule has 8 atom stereocenters. The van der Waals surface area contributed by atoms with Crippen LogP contribution in [0.25, 0.3) is 0 Å². The van der Waals surface area contributed by atoms with Gasteiger partial charge in [-0.3, -0.25) is 19.2 Å². The number of unbranched alkanes of at least 4 members (excludes halogenated alkanes) is 1. The Kier molecular flexibility index (Phi) is 13.8. The third-order valence-corrected chi connectivity index (χ3v) is 12.2. The van der Waals surface area contributed by atoms with Crippen LogP contribution in [0.15, 0.2) is 79.9 Å². The molecule has 54 heavy (non-hydrogen) atoms. The average Bonchev–Trinajstić information content (AvgIpc) is 3.78. The summed E-state index contributed by atoms with van der Waals surface area (Å²) in [4.78, 5) is 64.0. The molecule has 0 aromatic heterocycles. The molecule has 3 heterocycles. The highest BCUT2D eigenvalue weighted by Gasteiger charge is 2.77. The fraction of sp³-hybridized carbons (Fsp3) is 0.524. The SMILES string of the molecule is C=CCCC(=O)N(C)[C@H](C)[C@H](OC(=O)[C@H]1[C@@H]2O[C@@]3(CC2Br)[C@@H]1C(=O)N(CCCCO)[C@@H]3C(=O)N(CC=C)c1ccc(N(CC)CC)cc1)c1ccccc1. The molecule has 3 aliphatic heterocycles. The summed E-state index contributed by atoms with van der Waals surface area (Å²) in [5.41, 5.74) is 1.09. The number of amides is 3. The number of aliphatic hydroxyl groups is 1. The topological polar surface area (TPSA) is 120 Å². The first-order valence-corrected chi connectivity index (χ1v) is 20.0. The summed E-state index contributed by atoms with van der Waals surface area (Å²) in [7, 11) is 1.69. The lowest BCUT2D eigenvalue weighted by Crippen LogP contribution is -2.57. The van der Waals surface area contributed by atoms with Crippen LogP contribution in [0.5, 0.6) is 0 Å². The van der Waals surface area contributed by atoms with Crippen molar-refractivity contribution in [1.82, 2.24) is 9.80 Å². The van der Waals surface area contributed by atoms with Crippen molar-refractivity contribution < 1.29 is 33.8 Å². The van der Waals surface area contributed by atoms with Crippen molar-refractivity contribution in [2.24, 2.45) is 11.8 Å². The van der Waals surface area contributed by atoms with E-state index < -0.39 is 47.7 Å². The van der Waals surface area contributed by atoms with Crippen molar-refractivity contribution in [2.45, 2.75) is 87.6 Å². The number of carbonyl (C=O) groups excluding carboxylic acids is 4. The third kappa shape index (κ3) is 7.88. The maximum atomic E-state index is 15.0. The van der Waals surface area contributed by atoms with Crippen LogP contribution in [-0.4, -0.2) is 107 Å². The molecular weight excluding hydrogens is 752 g/mol. The fourth-order valence-corrected chi connectivity index (χ4v) is 9.41. The number of benzene rings is 2. The van der Waals surface area contributed by atoms with Gasteiger partial charge in [0.2, 0.25) is 11.8 Å². The molecule has 0 aliphatic carbocycles. The monoisotopic (exact) mass is 806 g/mol.